The van der Waals surface area contributed by atoms with Gasteiger partial charge in [-0.2, -0.15) is 0 Å². The second kappa shape index (κ2) is 10.8. The summed E-state index contributed by atoms with van der Waals surface area (Å²) in [5, 5.41) is 13.0. The molecule has 1 heterocycles. The van der Waals surface area contributed by atoms with Crippen LogP contribution in [0.2, 0.25) is 5.02 Å². The molecule has 2 aromatic carbocycles. The predicted octanol–water partition coefficient (Wildman–Crippen LogP) is 5.86. The van der Waals surface area contributed by atoms with Crippen LogP contribution in [-0.4, -0.2) is 22.2 Å². The molecule has 33 heavy (non-hydrogen) atoms. The quantitative estimate of drug-likeness (QED) is 0.386. The van der Waals surface area contributed by atoms with Gasteiger partial charge in [-0.05, 0) is 62.4 Å². The van der Waals surface area contributed by atoms with Crippen LogP contribution in [0.25, 0.3) is 5.57 Å². The summed E-state index contributed by atoms with van der Waals surface area (Å²) >= 11 is 5.83. The van der Waals surface area contributed by atoms with E-state index in [9.17, 15) is 14.3 Å². The van der Waals surface area contributed by atoms with Crippen LogP contribution in [0.4, 0.5) is 4.39 Å². The maximum Gasteiger partial charge on any atom is 0.211 e. The molecule has 0 saturated carbocycles. The van der Waals surface area contributed by atoms with Crippen molar-refractivity contribution in [1.82, 2.24) is 9.88 Å². The highest BCUT2D eigenvalue weighted by Crippen LogP contribution is 2.33. The maximum absolute atomic E-state index is 13.9. The number of carbonyl (C=O) groups is 1. The minimum atomic E-state index is -0.506. The van der Waals surface area contributed by atoms with E-state index in [2.05, 4.69) is 5.32 Å². The third-order valence-corrected chi connectivity index (χ3v) is 6.17. The zero-order valence-corrected chi connectivity index (χ0v) is 20.2. The number of nitrogens with one attached hydrogen (secondary N) is 1. The molecule has 0 fully saturated rings. The number of halogens is 2. The van der Waals surface area contributed by atoms with E-state index in [0.29, 0.717) is 19.4 Å². The number of hydrogen-bond acceptors (Lipinski definition) is 2. The molecule has 6 heteroatoms. The van der Waals surface area contributed by atoms with Gasteiger partial charge < -0.3 is 15.0 Å². The van der Waals surface area contributed by atoms with E-state index in [4.69, 9.17) is 11.6 Å². The average molecular weight is 469 g/mol. The molecular formula is C27H30ClFN2O2. The van der Waals surface area contributed by atoms with Crippen molar-refractivity contribution in [1.29, 1.82) is 0 Å². The van der Waals surface area contributed by atoms with Crippen LogP contribution < -0.4 is 5.32 Å². The van der Waals surface area contributed by atoms with Crippen molar-refractivity contribution in [3.63, 3.8) is 0 Å². The topological polar surface area (TPSA) is 54.3 Å². The molecule has 4 nitrogen and oxygen atoms in total. The number of rotatable bonds is 9. The summed E-state index contributed by atoms with van der Waals surface area (Å²) in [5.41, 5.74) is 6.53. The first-order valence-electron chi connectivity index (χ1n) is 11.0. The second-order valence-corrected chi connectivity index (χ2v) is 9.00. The lowest BCUT2D eigenvalue weighted by atomic mass is 9.89. The van der Waals surface area contributed by atoms with Crippen molar-refractivity contribution in [3.8, 4) is 0 Å². The SMILES string of the molecule is Cc1ccc(/C(=C(/NC=O)C(C)CC(C)O)c2ccn(Cc3ccc(Cl)c(F)c3)c2C)cc1. The normalized spacial score (nSPS) is 13.9. The molecule has 3 aromatic rings. The molecule has 0 aliphatic carbocycles. The number of hydrogen-bond donors (Lipinski definition) is 2. The average Bonchev–Trinajstić information content (AvgIpc) is 3.11. The smallest absolute Gasteiger partial charge is 0.211 e. The Balaban J connectivity index is 2.13. The number of nitrogens with zero attached hydrogens (tertiary/aromatic N) is 1. The van der Waals surface area contributed by atoms with Crippen molar-refractivity contribution in [2.75, 3.05) is 0 Å². The third-order valence-electron chi connectivity index (χ3n) is 5.86. The lowest BCUT2D eigenvalue weighted by molar-refractivity contribution is -0.109. The summed E-state index contributed by atoms with van der Waals surface area (Å²) in [6, 6.07) is 15.0. The zero-order chi connectivity index (χ0) is 24.1. The molecule has 3 rings (SSSR count). The van der Waals surface area contributed by atoms with Crippen LogP contribution in [0.1, 0.15) is 48.2 Å². The highest BCUT2D eigenvalue weighted by molar-refractivity contribution is 6.30. The fraction of sp³-hybridized carbons (Fsp3) is 0.296. The van der Waals surface area contributed by atoms with Gasteiger partial charge in [0.05, 0.1) is 11.1 Å². The van der Waals surface area contributed by atoms with Crippen LogP contribution in [0.3, 0.4) is 0 Å². The number of benzene rings is 2. The van der Waals surface area contributed by atoms with Crippen molar-refractivity contribution < 1.29 is 14.3 Å². The third kappa shape index (κ3) is 5.92. The van der Waals surface area contributed by atoms with E-state index in [1.165, 1.54) is 6.07 Å². The molecule has 0 radical (unpaired) electrons. The summed E-state index contributed by atoms with van der Waals surface area (Å²) in [6.45, 7) is 8.26. The lowest BCUT2D eigenvalue weighted by Gasteiger charge is -2.22. The molecule has 1 aromatic heterocycles. The Hall–Kier alpha value is -2.89. The summed E-state index contributed by atoms with van der Waals surface area (Å²) in [7, 11) is 0. The van der Waals surface area contributed by atoms with Gasteiger partial charge >= 0.3 is 0 Å². The number of carbonyl (C=O) groups excluding carboxylic acids is 1. The van der Waals surface area contributed by atoms with Crippen molar-refractivity contribution in [3.05, 3.63) is 99.2 Å². The molecule has 174 valence electrons. The van der Waals surface area contributed by atoms with Crippen LogP contribution in [-0.2, 0) is 11.3 Å². The summed E-state index contributed by atoms with van der Waals surface area (Å²) in [6.07, 6.45) is 2.65. The van der Waals surface area contributed by atoms with E-state index in [-0.39, 0.29) is 10.9 Å². The van der Waals surface area contributed by atoms with Gasteiger partial charge in [0, 0.05) is 35.3 Å². The van der Waals surface area contributed by atoms with Gasteiger partial charge in [-0.15, -0.1) is 0 Å². The Morgan fingerprint density at radius 2 is 1.85 bits per heavy atom. The molecule has 0 aliphatic rings. The molecular weight excluding hydrogens is 439 g/mol. The van der Waals surface area contributed by atoms with E-state index < -0.39 is 11.9 Å². The van der Waals surface area contributed by atoms with E-state index in [1.807, 2.05) is 67.9 Å². The molecule has 0 bridgehead atoms. The number of aliphatic hydroxyl groups excluding tert-OH is 1. The van der Waals surface area contributed by atoms with Gasteiger partial charge in [0.15, 0.2) is 0 Å². The Bertz CT molecular complexity index is 1150. The Labute approximate surface area is 199 Å². The largest absolute Gasteiger partial charge is 0.393 e. The predicted molar refractivity (Wildman–Crippen MR) is 132 cm³/mol. The first kappa shape index (κ1) is 24.7. The lowest BCUT2D eigenvalue weighted by Crippen LogP contribution is -2.22. The molecule has 1 amide bonds. The molecule has 2 atom stereocenters. The Morgan fingerprint density at radius 3 is 2.45 bits per heavy atom. The summed E-state index contributed by atoms with van der Waals surface area (Å²) in [5.74, 6) is -0.525. The zero-order valence-electron chi connectivity index (χ0n) is 19.4. The van der Waals surface area contributed by atoms with E-state index in [1.54, 1.807) is 13.0 Å². The van der Waals surface area contributed by atoms with Crippen LogP contribution in [0.15, 0.2) is 60.4 Å². The fourth-order valence-electron chi connectivity index (χ4n) is 4.15. The molecule has 0 saturated heterocycles. The number of amides is 1. The van der Waals surface area contributed by atoms with Crippen LogP contribution >= 0.6 is 11.6 Å². The highest BCUT2D eigenvalue weighted by atomic mass is 35.5. The minimum Gasteiger partial charge on any atom is -0.393 e. The molecule has 0 aliphatic heterocycles. The Morgan fingerprint density at radius 1 is 1.15 bits per heavy atom. The standard InChI is InChI=1S/C27H30ClFN2O2/c1-17-5-8-22(9-6-17)26(27(30-16-32)18(2)13-19(3)33)23-11-12-31(20(23)4)15-21-7-10-24(28)25(29)14-21/h5-12,14,16,18-19,33H,13,15H2,1-4H3,(H,30,32)/b27-26-. The molecule has 0 spiro atoms. The number of aliphatic hydroxyl groups is 1. The van der Waals surface area contributed by atoms with Crippen molar-refractivity contribution >= 4 is 23.6 Å². The van der Waals surface area contributed by atoms with Gasteiger partial charge in [0.1, 0.15) is 5.82 Å². The monoisotopic (exact) mass is 468 g/mol. The first-order chi connectivity index (χ1) is 15.7. The maximum atomic E-state index is 13.9. The van der Waals surface area contributed by atoms with E-state index >= 15 is 0 Å². The number of allylic oxidation sites excluding steroid dienone is 1. The van der Waals surface area contributed by atoms with Crippen LogP contribution in [0, 0.1) is 25.6 Å². The van der Waals surface area contributed by atoms with E-state index in [0.717, 1.165) is 39.2 Å². The van der Waals surface area contributed by atoms with Crippen molar-refractivity contribution in [2.45, 2.75) is 46.8 Å². The van der Waals surface area contributed by atoms with Gasteiger partial charge in [0.25, 0.3) is 0 Å². The van der Waals surface area contributed by atoms with Gasteiger partial charge in [-0.25, -0.2) is 4.39 Å². The summed E-state index contributed by atoms with van der Waals surface area (Å²) < 4.78 is 16.0. The fourth-order valence-corrected chi connectivity index (χ4v) is 4.27. The summed E-state index contributed by atoms with van der Waals surface area (Å²) in [4.78, 5) is 11.6. The van der Waals surface area contributed by atoms with Crippen LogP contribution in [0.5, 0.6) is 0 Å². The Kier molecular flexibility index (Phi) is 8.11. The first-order valence-corrected chi connectivity index (χ1v) is 11.4. The second-order valence-electron chi connectivity index (χ2n) is 8.59. The van der Waals surface area contributed by atoms with Gasteiger partial charge in [-0.3, -0.25) is 4.79 Å². The van der Waals surface area contributed by atoms with Gasteiger partial charge in [0.2, 0.25) is 6.41 Å². The number of aryl methyl sites for hydroxylation is 1. The minimum absolute atomic E-state index is 0.0837. The highest BCUT2D eigenvalue weighted by Gasteiger charge is 2.21. The number of aromatic nitrogens is 1. The molecule has 2 unspecified atom stereocenters. The van der Waals surface area contributed by atoms with Gasteiger partial charge in [-0.1, -0.05) is 54.4 Å². The molecule has 2 N–H and O–H groups in total. The van der Waals surface area contributed by atoms with Crippen molar-refractivity contribution in [2.24, 2.45) is 5.92 Å².